The molecule has 0 spiro atoms. The van der Waals surface area contributed by atoms with E-state index in [0.717, 1.165) is 32.0 Å². The van der Waals surface area contributed by atoms with Gasteiger partial charge in [0.05, 0.1) is 0 Å². The maximum absolute atomic E-state index is 5.86. The Bertz CT molecular complexity index is 391. The van der Waals surface area contributed by atoms with Crippen molar-refractivity contribution < 1.29 is 4.74 Å². The summed E-state index contributed by atoms with van der Waals surface area (Å²) < 4.78 is 5.86. The molecule has 2 saturated heterocycles. The van der Waals surface area contributed by atoms with E-state index in [0.29, 0.717) is 6.01 Å². The Morgan fingerprint density at radius 1 is 1.05 bits per heavy atom. The van der Waals surface area contributed by atoms with E-state index in [4.69, 9.17) is 4.74 Å². The van der Waals surface area contributed by atoms with Crippen molar-refractivity contribution in [1.29, 1.82) is 0 Å². The summed E-state index contributed by atoms with van der Waals surface area (Å²) in [5, 5.41) is 0. The van der Waals surface area contributed by atoms with Crippen molar-refractivity contribution in [2.75, 3.05) is 36.1 Å². The maximum Gasteiger partial charge on any atom is 0.316 e. The molecule has 20 heavy (non-hydrogen) atoms. The van der Waals surface area contributed by atoms with E-state index in [1.54, 1.807) is 12.4 Å². The number of hydrogen-bond donors (Lipinski definition) is 0. The number of aromatic nitrogens is 2. The molecule has 6 heteroatoms. The van der Waals surface area contributed by atoms with Gasteiger partial charge >= 0.3 is 6.01 Å². The lowest BCUT2D eigenvalue weighted by Crippen LogP contribution is -2.46. The third-order valence-electron chi connectivity index (χ3n) is 3.80. The Morgan fingerprint density at radius 2 is 1.70 bits per heavy atom. The zero-order chi connectivity index (χ0) is 13.6. The van der Waals surface area contributed by atoms with E-state index >= 15 is 0 Å². The van der Waals surface area contributed by atoms with E-state index in [1.165, 1.54) is 23.0 Å². The number of hydrogen-bond acceptors (Lipinski definition) is 6. The summed E-state index contributed by atoms with van der Waals surface area (Å²) in [5.41, 5.74) is 0. The summed E-state index contributed by atoms with van der Waals surface area (Å²) in [6.07, 6.45) is 5.92. The molecule has 2 fully saturated rings. The molecule has 1 aromatic rings. The van der Waals surface area contributed by atoms with E-state index in [1.807, 2.05) is 6.07 Å². The van der Waals surface area contributed by atoms with Crippen molar-refractivity contribution in [3.05, 3.63) is 18.5 Å². The smallest absolute Gasteiger partial charge is 0.316 e. The van der Waals surface area contributed by atoms with Crippen LogP contribution in [0.25, 0.3) is 0 Å². The van der Waals surface area contributed by atoms with Crippen LogP contribution in [0.3, 0.4) is 0 Å². The first-order valence-corrected chi connectivity index (χ1v) is 9.56. The van der Waals surface area contributed by atoms with Crippen LogP contribution in [-0.4, -0.2) is 63.1 Å². The van der Waals surface area contributed by atoms with Crippen LogP contribution in [0, 0.1) is 0 Å². The van der Waals surface area contributed by atoms with Crippen molar-refractivity contribution in [3.63, 3.8) is 0 Å². The van der Waals surface area contributed by atoms with Crippen LogP contribution in [0.5, 0.6) is 6.01 Å². The molecule has 0 radical (unpaired) electrons. The van der Waals surface area contributed by atoms with Crippen molar-refractivity contribution in [2.45, 2.75) is 25.0 Å². The number of thioether (sulfide) groups is 2. The summed E-state index contributed by atoms with van der Waals surface area (Å²) in [4.78, 5) is 10.9. The first kappa shape index (κ1) is 14.5. The highest BCUT2D eigenvalue weighted by atomic mass is 32.2. The topological polar surface area (TPSA) is 38.2 Å². The Morgan fingerprint density at radius 3 is 2.35 bits per heavy atom. The molecule has 2 aliphatic heterocycles. The third-order valence-corrected chi connectivity index (χ3v) is 6.28. The van der Waals surface area contributed by atoms with Crippen molar-refractivity contribution >= 4 is 23.5 Å². The molecule has 3 heterocycles. The van der Waals surface area contributed by atoms with Gasteiger partial charge < -0.3 is 4.74 Å². The molecule has 0 unspecified atom stereocenters. The van der Waals surface area contributed by atoms with Crippen LogP contribution in [0.15, 0.2) is 18.5 Å². The molecule has 3 rings (SSSR count). The normalized spacial score (nSPS) is 23.4. The Balaban J connectivity index is 1.46. The molecular weight excluding hydrogens is 290 g/mol. The van der Waals surface area contributed by atoms with Crippen LogP contribution in [0.4, 0.5) is 0 Å². The average Bonchev–Trinajstić information content (AvgIpc) is 2.78. The van der Waals surface area contributed by atoms with E-state index < -0.39 is 0 Å². The van der Waals surface area contributed by atoms with Crippen molar-refractivity contribution in [3.8, 4) is 6.01 Å². The lowest BCUT2D eigenvalue weighted by molar-refractivity contribution is 0.0798. The largest absolute Gasteiger partial charge is 0.460 e. The van der Waals surface area contributed by atoms with Gasteiger partial charge in [-0.2, -0.15) is 23.5 Å². The fourth-order valence-electron chi connectivity index (χ4n) is 2.67. The molecule has 0 atom stereocenters. The number of likely N-dealkylation sites (tertiary alicyclic amines) is 1. The molecule has 4 nitrogen and oxygen atoms in total. The van der Waals surface area contributed by atoms with Gasteiger partial charge in [-0.3, -0.25) is 4.90 Å². The number of ether oxygens (including phenoxy) is 1. The van der Waals surface area contributed by atoms with Gasteiger partial charge in [0.25, 0.3) is 0 Å². The second kappa shape index (κ2) is 7.52. The summed E-state index contributed by atoms with van der Waals surface area (Å²) >= 11 is 4.21. The van der Waals surface area contributed by atoms with E-state index in [2.05, 4.69) is 38.4 Å². The first-order valence-electron chi connectivity index (χ1n) is 7.25. The fraction of sp³-hybridized carbons (Fsp3) is 0.714. The van der Waals surface area contributed by atoms with Gasteiger partial charge in [-0.1, -0.05) is 0 Å². The molecule has 0 N–H and O–H groups in total. The molecular formula is C14H21N3OS2. The highest BCUT2D eigenvalue weighted by Gasteiger charge is 2.27. The fourth-order valence-corrected chi connectivity index (χ4v) is 5.30. The zero-order valence-electron chi connectivity index (χ0n) is 11.6. The van der Waals surface area contributed by atoms with Gasteiger partial charge in [0.15, 0.2) is 0 Å². The Hall–Kier alpha value is -0.460. The van der Waals surface area contributed by atoms with Crippen LogP contribution >= 0.6 is 23.5 Å². The van der Waals surface area contributed by atoms with Gasteiger partial charge in [0, 0.05) is 54.5 Å². The minimum absolute atomic E-state index is 0.278. The summed E-state index contributed by atoms with van der Waals surface area (Å²) in [7, 11) is 0. The van der Waals surface area contributed by atoms with Crippen LogP contribution in [-0.2, 0) is 0 Å². The quantitative estimate of drug-likeness (QED) is 0.852. The molecule has 110 valence electrons. The number of piperidine rings is 1. The number of rotatable bonds is 3. The predicted molar refractivity (Wildman–Crippen MR) is 85.7 cm³/mol. The maximum atomic E-state index is 5.86. The predicted octanol–water partition coefficient (Wildman–Crippen LogP) is 2.17. The van der Waals surface area contributed by atoms with E-state index in [-0.39, 0.29) is 6.10 Å². The van der Waals surface area contributed by atoms with Gasteiger partial charge in [-0.25, -0.2) is 9.97 Å². The highest BCUT2D eigenvalue weighted by Crippen LogP contribution is 2.24. The second-order valence-corrected chi connectivity index (χ2v) is 7.49. The summed E-state index contributed by atoms with van der Waals surface area (Å²) in [6.45, 7) is 2.28. The SMILES string of the molecule is c1cnc(OC2CCN(C3CSCCSC3)CC2)nc1. The Labute approximate surface area is 129 Å². The van der Waals surface area contributed by atoms with Gasteiger partial charge in [-0.05, 0) is 18.9 Å². The van der Waals surface area contributed by atoms with Crippen LogP contribution < -0.4 is 4.74 Å². The molecule has 0 bridgehead atoms. The molecule has 2 aliphatic rings. The van der Waals surface area contributed by atoms with E-state index in [9.17, 15) is 0 Å². The lowest BCUT2D eigenvalue weighted by Gasteiger charge is -2.36. The standard InChI is InChI=1S/C14H21N3OS2/c1-4-15-14(16-5-1)18-13-2-6-17(7-3-13)12-10-19-8-9-20-11-12/h1,4-5,12-13H,2-3,6-11H2. The van der Waals surface area contributed by atoms with Gasteiger partial charge in [0.1, 0.15) is 6.10 Å². The molecule has 1 aromatic heterocycles. The summed E-state index contributed by atoms with van der Waals surface area (Å²) in [5.74, 6) is 5.21. The molecule has 0 saturated carbocycles. The molecule has 0 aliphatic carbocycles. The van der Waals surface area contributed by atoms with Crippen molar-refractivity contribution in [2.24, 2.45) is 0 Å². The third kappa shape index (κ3) is 4.02. The zero-order valence-corrected chi connectivity index (χ0v) is 13.2. The van der Waals surface area contributed by atoms with Gasteiger partial charge in [-0.15, -0.1) is 0 Å². The Kier molecular flexibility index (Phi) is 5.44. The average molecular weight is 311 g/mol. The van der Waals surface area contributed by atoms with Crippen LogP contribution in [0.2, 0.25) is 0 Å². The number of nitrogens with zero attached hydrogens (tertiary/aromatic N) is 3. The monoisotopic (exact) mass is 311 g/mol. The second-order valence-electron chi connectivity index (χ2n) is 5.19. The van der Waals surface area contributed by atoms with Crippen molar-refractivity contribution in [1.82, 2.24) is 14.9 Å². The summed E-state index contributed by atoms with van der Waals surface area (Å²) in [6, 6.07) is 3.09. The minimum Gasteiger partial charge on any atom is -0.460 e. The lowest BCUT2D eigenvalue weighted by atomic mass is 10.1. The highest BCUT2D eigenvalue weighted by molar-refractivity contribution is 8.03. The van der Waals surface area contributed by atoms with Crippen LogP contribution in [0.1, 0.15) is 12.8 Å². The first-order chi connectivity index (χ1) is 9.92. The minimum atomic E-state index is 0.278. The molecule has 0 amide bonds. The van der Waals surface area contributed by atoms with Gasteiger partial charge in [0.2, 0.25) is 0 Å². The molecule has 0 aromatic carbocycles.